The zero-order valence-corrected chi connectivity index (χ0v) is 37.7. The summed E-state index contributed by atoms with van der Waals surface area (Å²) in [6.45, 7) is 16.4. The summed E-state index contributed by atoms with van der Waals surface area (Å²) in [6, 6.07) is 8.73. The van der Waals surface area contributed by atoms with Crippen molar-refractivity contribution in [1.82, 2.24) is 25.8 Å². The number of aliphatic hydroxyl groups excluding tert-OH is 1. The fourth-order valence-corrected chi connectivity index (χ4v) is 8.03. The van der Waals surface area contributed by atoms with Gasteiger partial charge in [0.1, 0.15) is 30.0 Å². The number of thiazole rings is 1. The Labute approximate surface area is 362 Å². The largest absolute Gasteiger partial charge is 0.490 e. The predicted molar refractivity (Wildman–Crippen MR) is 233 cm³/mol. The van der Waals surface area contributed by atoms with E-state index in [0.717, 1.165) is 32.8 Å². The number of nitrogens with zero attached hydrogens (tertiary/aromatic N) is 2. The molecule has 2 heterocycles. The number of hydrogen-bond acceptors (Lipinski definition) is 10. The average molecular weight is 870 g/mol. The molecular formula is C44H61ClN6O8S. The lowest BCUT2D eigenvalue weighted by Crippen LogP contribution is -2.57. The van der Waals surface area contributed by atoms with Crippen molar-refractivity contribution in [3.8, 4) is 16.2 Å². The van der Waals surface area contributed by atoms with E-state index in [1.807, 2.05) is 77.4 Å². The van der Waals surface area contributed by atoms with E-state index in [2.05, 4.69) is 20.9 Å². The Morgan fingerprint density at radius 2 is 1.70 bits per heavy atom. The van der Waals surface area contributed by atoms with Crippen molar-refractivity contribution in [3.63, 3.8) is 0 Å². The summed E-state index contributed by atoms with van der Waals surface area (Å²) in [7, 11) is 0. The molecular weight excluding hydrogens is 808 g/mol. The Morgan fingerprint density at radius 1 is 1.02 bits per heavy atom. The zero-order chi connectivity index (χ0) is 44.5. The highest BCUT2D eigenvalue weighted by Gasteiger charge is 2.44. The highest BCUT2D eigenvalue weighted by molar-refractivity contribution is 7.13. The lowest BCUT2D eigenvalue weighted by Gasteiger charge is -2.35. The number of aryl methyl sites for hydroxylation is 3. The second-order valence-electron chi connectivity index (χ2n) is 17.6. The van der Waals surface area contributed by atoms with Gasteiger partial charge in [0.2, 0.25) is 23.6 Å². The minimum absolute atomic E-state index is 0.00252. The van der Waals surface area contributed by atoms with Crippen LogP contribution in [0.25, 0.3) is 10.4 Å². The number of primary amides is 1. The number of alkyl carbamates (subject to hydrolysis) is 1. The average Bonchev–Trinajstić information content (AvgIpc) is 3.76. The number of nitrogens with two attached hydrogens (primary N) is 1. The summed E-state index contributed by atoms with van der Waals surface area (Å²) < 4.78 is 11.4. The van der Waals surface area contributed by atoms with E-state index in [1.165, 1.54) is 4.90 Å². The molecule has 14 nitrogen and oxygen atoms in total. The monoisotopic (exact) mass is 868 g/mol. The number of likely N-dealkylation sites (tertiary alicyclic amines) is 1. The minimum Gasteiger partial charge on any atom is -0.490 e. The first kappa shape index (κ1) is 47.9. The Bertz CT molecular complexity index is 1990. The van der Waals surface area contributed by atoms with Gasteiger partial charge in [0, 0.05) is 25.8 Å². The van der Waals surface area contributed by atoms with Gasteiger partial charge in [0.15, 0.2) is 0 Å². The molecule has 5 atom stereocenters. The summed E-state index contributed by atoms with van der Waals surface area (Å²) in [4.78, 5) is 72.0. The molecule has 1 fully saturated rings. The van der Waals surface area contributed by atoms with E-state index in [0.29, 0.717) is 23.6 Å². The Hall–Kier alpha value is -4.73. The van der Waals surface area contributed by atoms with E-state index < -0.39 is 53.2 Å². The van der Waals surface area contributed by atoms with Crippen LogP contribution in [0.2, 0.25) is 5.02 Å². The summed E-state index contributed by atoms with van der Waals surface area (Å²) >= 11 is 8.36. The first-order chi connectivity index (χ1) is 28.0. The SMILES string of the molecule is Cc1cc(CCCC(=O)NC(C(=O)N2C[C@H](O)C[C@H]2C(=O)NC(C)c2ccc(-c3scnc3C)cc2)C(C)(C)C)c(Cl)c(OCC(CCC(N)=O)NC(=O)OC(C)(C)C)c1. The summed E-state index contributed by atoms with van der Waals surface area (Å²) in [6.07, 6.45) is -0.304. The number of rotatable bonds is 17. The number of amides is 5. The molecule has 2 aromatic carbocycles. The molecule has 0 saturated carbocycles. The van der Waals surface area contributed by atoms with Gasteiger partial charge in [-0.2, -0.15) is 0 Å². The van der Waals surface area contributed by atoms with Gasteiger partial charge in [-0.1, -0.05) is 62.7 Å². The number of carbonyl (C=O) groups excluding carboxylic acids is 5. The van der Waals surface area contributed by atoms with Crippen molar-refractivity contribution in [2.75, 3.05) is 13.2 Å². The smallest absolute Gasteiger partial charge is 0.407 e. The van der Waals surface area contributed by atoms with Gasteiger partial charge in [-0.25, -0.2) is 9.78 Å². The van der Waals surface area contributed by atoms with Crippen LogP contribution in [-0.4, -0.2) is 87.7 Å². The standard InChI is InChI=1S/C44H61ClN6O8S/c1-25-19-30(37(45)34(20-25)58-23-31(17-18-35(46)53)49-42(57)59-44(7,8)9)11-10-12-36(54)50-39(43(4,5)6)41(56)51-22-32(52)21-33(51)40(55)48-26(2)28-13-15-29(16-14-28)38-27(3)47-24-60-38/h13-16,19-20,24,26,31-33,39,52H,10-12,17-18,21-23H2,1-9H3,(H2,46,53)(H,48,55)(H,49,57)(H,50,54)/t26?,31?,32-,33+,39?/m1/s1. The van der Waals surface area contributed by atoms with Crippen LogP contribution in [0.5, 0.6) is 5.75 Å². The molecule has 3 aromatic rings. The molecule has 16 heteroatoms. The molecule has 328 valence electrons. The van der Waals surface area contributed by atoms with Crippen LogP contribution in [-0.2, 0) is 30.3 Å². The second kappa shape index (κ2) is 20.7. The second-order valence-corrected chi connectivity index (χ2v) is 18.9. The maximum atomic E-state index is 14.2. The van der Waals surface area contributed by atoms with Gasteiger partial charge in [0.05, 0.1) is 39.3 Å². The van der Waals surface area contributed by atoms with Gasteiger partial charge in [-0.3, -0.25) is 19.2 Å². The van der Waals surface area contributed by atoms with E-state index in [9.17, 15) is 29.1 Å². The molecule has 1 aliphatic heterocycles. The molecule has 3 unspecified atom stereocenters. The number of aromatic nitrogens is 1. The first-order valence-corrected chi connectivity index (χ1v) is 21.6. The van der Waals surface area contributed by atoms with Crippen molar-refractivity contribution < 1.29 is 38.6 Å². The third kappa shape index (κ3) is 13.9. The number of benzene rings is 2. The Kier molecular flexibility index (Phi) is 16.5. The molecule has 1 saturated heterocycles. The van der Waals surface area contributed by atoms with Crippen molar-refractivity contribution in [2.24, 2.45) is 11.1 Å². The van der Waals surface area contributed by atoms with Crippen molar-refractivity contribution >= 4 is 52.7 Å². The number of ether oxygens (including phenoxy) is 2. The van der Waals surface area contributed by atoms with E-state index >= 15 is 0 Å². The van der Waals surface area contributed by atoms with Crippen LogP contribution in [0.4, 0.5) is 4.79 Å². The molecule has 5 amide bonds. The van der Waals surface area contributed by atoms with Crippen molar-refractivity contribution in [2.45, 2.75) is 137 Å². The molecule has 6 N–H and O–H groups in total. The molecule has 0 spiro atoms. The number of β-amino-alcohol motifs (C(OH)–C–C–N with tert-alkyl or cyclic N) is 1. The van der Waals surface area contributed by atoms with Crippen LogP contribution < -0.4 is 26.4 Å². The van der Waals surface area contributed by atoms with Crippen LogP contribution in [0.1, 0.15) is 109 Å². The summed E-state index contributed by atoms with van der Waals surface area (Å²) in [5.74, 6) is -1.31. The lowest BCUT2D eigenvalue weighted by molar-refractivity contribution is -0.144. The van der Waals surface area contributed by atoms with E-state index in [1.54, 1.807) is 38.2 Å². The normalized spacial score (nSPS) is 17.0. The predicted octanol–water partition coefficient (Wildman–Crippen LogP) is 6.31. The molecule has 4 rings (SSSR count). The number of hydrogen-bond donors (Lipinski definition) is 5. The topological polar surface area (TPSA) is 202 Å². The van der Waals surface area contributed by atoms with E-state index in [4.69, 9.17) is 26.8 Å². The van der Waals surface area contributed by atoms with Gasteiger partial charge >= 0.3 is 6.09 Å². The number of halogens is 1. The number of nitrogens with one attached hydrogen (secondary N) is 3. The van der Waals surface area contributed by atoms with Gasteiger partial charge in [-0.15, -0.1) is 11.3 Å². The molecule has 0 aliphatic carbocycles. The Morgan fingerprint density at radius 3 is 2.30 bits per heavy atom. The molecule has 0 radical (unpaired) electrons. The zero-order valence-electron chi connectivity index (χ0n) is 36.1. The third-order valence-electron chi connectivity index (χ3n) is 10.1. The first-order valence-electron chi connectivity index (χ1n) is 20.3. The molecule has 0 bridgehead atoms. The minimum atomic E-state index is -0.967. The third-order valence-corrected chi connectivity index (χ3v) is 11.5. The van der Waals surface area contributed by atoms with Crippen LogP contribution in [0.3, 0.4) is 0 Å². The highest BCUT2D eigenvalue weighted by atomic mass is 35.5. The maximum Gasteiger partial charge on any atom is 0.407 e. The summed E-state index contributed by atoms with van der Waals surface area (Å²) in [5, 5.41) is 19.7. The molecule has 1 aromatic heterocycles. The highest BCUT2D eigenvalue weighted by Crippen LogP contribution is 2.33. The van der Waals surface area contributed by atoms with Gasteiger partial charge in [0.25, 0.3) is 0 Å². The fraction of sp³-hybridized carbons (Fsp3) is 0.545. The van der Waals surface area contributed by atoms with Crippen LogP contribution >= 0.6 is 22.9 Å². The van der Waals surface area contributed by atoms with Crippen LogP contribution in [0.15, 0.2) is 41.9 Å². The summed E-state index contributed by atoms with van der Waals surface area (Å²) in [5.41, 5.74) is 10.2. The van der Waals surface area contributed by atoms with Crippen molar-refractivity contribution in [3.05, 3.63) is 69.3 Å². The lowest BCUT2D eigenvalue weighted by atomic mass is 9.85. The maximum absolute atomic E-state index is 14.2. The molecule has 60 heavy (non-hydrogen) atoms. The van der Waals surface area contributed by atoms with Crippen LogP contribution in [0, 0.1) is 19.3 Å². The van der Waals surface area contributed by atoms with E-state index in [-0.39, 0.29) is 56.7 Å². The van der Waals surface area contributed by atoms with Gasteiger partial charge < -0.3 is 41.2 Å². The number of carbonyl (C=O) groups is 5. The molecule has 1 aliphatic rings. The quantitative estimate of drug-likeness (QED) is 0.103. The van der Waals surface area contributed by atoms with Crippen molar-refractivity contribution in [1.29, 1.82) is 0 Å². The van der Waals surface area contributed by atoms with Gasteiger partial charge in [-0.05, 0) is 94.5 Å². The Balaban J connectivity index is 1.36. The number of aliphatic hydroxyl groups is 1. The fourth-order valence-electron chi connectivity index (χ4n) is 6.96.